The summed E-state index contributed by atoms with van der Waals surface area (Å²) in [6.45, 7) is 2.69. The second-order valence-corrected chi connectivity index (χ2v) is 5.42. The standard InChI is InChI=1S/C18H25FO4/c1-2-3-4-5-13-22-17(20)7-6-8-18(21)23-14-15-9-11-16(19)12-10-15/h9-12H,2-8,13-14H2,1H3. The Morgan fingerprint density at radius 2 is 1.57 bits per heavy atom. The van der Waals surface area contributed by atoms with E-state index in [1.54, 1.807) is 12.1 Å². The highest BCUT2D eigenvalue weighted by Crippen LogP contribution is 2.07. The van der Waals surface area contributed by atoms with Crippen LogP contribution in [0.15, 0.2) is 24.3 Å². The molecular formula is C18H25FO4. The number of hydrogen-bond donors (Lipinski definition) is 0. The van der Waals surface area contributed by atoms with Gasteiger partial charge in [-0.15, -0.1) is 0 Å². The third-order valence-corrected chi connectivity index (χ3v) is 3.34. The molecule has 0 aliphatic rings. The summed E-state index contributed by atoms with van der Waals surface area (Å²) in [4.78, 5) is 23.0. The lowest BCUT2D eigenvalue weighted by Crippen LogP contribution is -2.08. The van der Waals surface area contributed by atoms with E-state index in [0.29, 0.717) is 13.0 Å². The Hall–Kier alpha value is -1.91. The van der Waals surface area contributed by atoms with E-state index < -0.39 is 0 Å². The quantitative estimate of drug-likeness (QED) is 0.453. The van der Waals surface area contributed by atoms with E-state index in [0.717, 1.165) is 31.2 Å². The van der Waals surface area contributed by atoms with Crippen molar-refractivity contribution >= 4 is 11.9 Å². The van der Waals surface area contributed by atoms with Crippen molar-refractivity contribution in [2.24, 2.45) is 0 Å². The summed E-state index contributed by atoms with van der Waals surface area (Å²) >= 11 is 0. The molecule has 0 amide bonds. The fraction of sp³-hybridized carbons (Fsp3) is 0.556. The molecule has 1 aromatic rings. The zero-order valence-electron chi connectivity index (χ0n) is 13.7. The first-order valence-electron chi connectivity index (χ1n) is 8.17. The fourth-order valence-corrected chi connectivity index (χ4v) is 1.98. The topological polar surface area (TPSA) is 52.6 Å². The number of halogens is 1. The molecule has 23 heavy (non-hydrogen) atoms. The van der Waals surface area contributed by atoms with Crippen LogP contribution in [0.2, 0.25) is 0 Å². The van der Waals surface area contributed by atoms with Crippen LogP contribution in [-0.4, -0.2) is 18.5 Å². The van der Waals surface area contributed by atoms with Gasteiger partial charge < -0.3 is 9.47 Å². The molecule has 0 spiro atoms. The number of ether oxygens (including phenoxy) is 2. The van der Waals surface area contributed by atoms with Crippen LogP contribution in [0, 0.1) is 5.82 Å². The molecule has 1 aromatic carbocycles. The van der Waals surface area contributed by atoms with Gasteiger partial charge in [-0.05, 0) is 30.5 Å². The third kappa shape index (κ3) is 9.66. The molecule has 0 bridgehead atoms. The molecule has 0 atom stereocenters. The van der Waals surface area contributed by atoms with Gasteiger partial charge in [-0.2, -0.15) is 0 Å². The first-order valence-corrected chi connectivity index (χ1v) is 8.17. The molecule has 1 rings (SSSR count). The molecule has 0 aromatic heterocycles. The Balaban J connectivity index is 2.04. The highest BCUT2D eigenvalue weighted by molar-refractivity contribution is 5.72. The molecule has 5 heteroatoms. The van der Waals surface area contributed by atoms with E-state index in [9.17, 15) is 14.0 Å². The molecule has 0 aliphatic carbocycles. The van der Waals surface area contributed by atoms with Gasteiger partial charge in [0.2, 0.25) is 0 Å². The summed E-state index contributed by atoms with van der Waals surface area (Å²) in [5, 5.41) is 0. The van der Waals surface area contributed by atoms with Crippen molar-refractivity contribution in [2.75, 3.05) is 6.61 Å². The van der Waals surface area contributed by atoms with Crippen molar-refractivity contribution in [1.29, 1.82) is 0 Å². The maximum Gasteiger partial charge on any atom is 0.306 e. The second kappa shape index (κ2) is 11.6. The lowest BCUT2D eigenvalue weighted by atomic mass is 10.2. The first-order chi connectivity index (χ1) is 11.1. The Morgan fingerprint density at radius 1 is 0.913 bits per heavy atom. The van der Waals surface area contributed by atoms with E-state index in [4.69, 9.17) is 9.47 Å². The summed E-state index contributed by atoms with van der Waals surface area (Å²) in [6, 6.07) is 5.77. The number of carbonyl (C=O) groups excluding carboxylic acids is 2. The van der Waals surface area contributed by atoms with Crippen LogP contribution in [0.25, 0.3) is 0 Å². The molecule has 0 saturated carbocycles. The summed E-state index contributed by atoms with van der Waals surface area (Å²) in [7, 11) is 0. The molecule has 4 nitrogen and oxygen atoms in total. The van der Waals surface area contributed by atoms with Crippen molar-refractivity contribution in [3.05, 3.63) is 35.6 Å². The first kappa shape index (κ1) is 19.1. The van der Waals surface area contributed by atoms with Gasteiger partial charge in [0.05, 0.1) is 6.61 Å². The maximum absolute atomic E-state index is 12.7. The summed E-state index contributed by atoms with van der Waals surface area (Å²) in [6.07, 6.45) is 5.06. The SMILES string of the molecule is CCCCCCOC(=O)CCCC(=O)OCc1ccc(F)cc1. The van der Waals surface area contributed by atoms with Crippen molar-refractivity contribution < 1.29 is 23.5 Å². The lowest BCUT2D eigenvalue weighted by molar-refractivity contribution is -0.146. The monoisotopic (exact) mass is 324 g/mol. The van der Waals surface area contributed by atoms with Gasteiger partial charge in [-0.1, -0.05) is 38.3 Å². The van der Waals surface area contributed by atoms with Gasteiger partial charge in [0, 0.05) is 12.8 Å². The number of rotatable bonds is 11. The Kier molecular flexibility index (Phi) is 9.68. The van der Waals surface area contributed by atoms with Gasteiger partial charge in [0.25, 0.3) is 0 Å². The highest BCUT2D eigenvalue weighted by atomic mass is 19.1. The van der Waals surface area contributed by atoms with E-state index >= 15 is 0 Å². The Labute approximate surface area is 137 Å². The number of unbranched alkanes of at least 4 members (excludes halogenated alkanes) is 3. The predicted molar refractivity (Wildman–Crippen MR) is 85.1 cm³/mol. The maximum atomic E-state index is 12.7. The molecule has 0 heterocycles. The van der Waals surface area contributed by atoms with Crippen molar-refractivity contribution in [2.45, 2.75) is 58.5 Å². The van der Waals surface area contributed by atoms with Crippen molar-refractivity contribution in [3.63, 3.8) is 0 Å². The van der Waals surface area contributed by atoms with Crippen LogP contribution in [0.4, 0.5) is 4.39 Å². The smallest absolute Gasteiger partial charge is 0.306 e. The second-order valence-electron chi connectivity index (χ2n) is 5.42. The number of carbonyl (C=O) groups is 2. The summed E-state index contributed by atoms with van der Waals surface area (Å²) < 4.78 is 22.9. The third-order valence-electron chi connectivity index (χ3n) is 3.34. The minimum absolute atomic E-state index is 0.112. The molecule has 0 saturated heterocycles. The normalized spacial score (nSPS) is 10.3. The van der Waals surface area contributed by atoms with Crippen LogP contribution < -0.4 is 0 Å². The molecule has 0 radical (unpaired) electrons. The zero-order valence-corrected chi connectivity index (χ0v) is 13.7. The van der Waals surface area contributed by atoms with Crippen LogP contribution in [-0.2, 0) is 25.7 Å². The molecule has 0 aliphatic heterocycles. The fourth-order valence-electron chi connectivity index (χ4n) is 1.98. The number of hydrogen-bond acceptors (Lipinski definition) is 4. The van der Waals surface area contributed by atoms with E-state index in [1.165, 1.54) is 12.1 Å². The molecular weight excluding hydrogens is 299 g/mol. The molecule has 0 unspecified atom stereocenters. The Morgan fingerprint density at radius 3 is 2.22 bits per heavy atom. The summed E-state index contributed by atoms with van der Waals surface area (Å²) in [5.74, 6) is -0.966. The molecule has 0 fully saturated rings. The van der Waals surface area contributed by atoms with Gasteiger partial charge in [0.1, 0.15) is 12.4 Å². The van der Waals surface area contributed by atoms with E-state index in [2.05, 4.69) is 6.92 Å². The Bertz CT molecular complexity index is 470. The number of esters is 2. The summed E-state index contributed by atoms with van der Waals surface area (Å²) in [5.41, 5.74) is 0.728. The predicted octanol–water partition coefficient (Wildman–Crippen LogP) is 4.16. The van der Waals surface area contributed by atoms with Crippen LogP contribution in [0.3, 0.4) is 0 Å². The van der Waals surface area contributed by atoms with Gasteiger partial charge >= 0.3 is 11.9 Å². The van der Waals surface area contributed by atoms with Crippen LogP contribution >= 0.6 is 0 Å². The largest absolute Gasteiger partial charge is 0.466 e. The van der Waals surface area contributed by atoms with Crippen molar-refractivity contribution in [1.82, 2.24) is 0 Å². The average molecular weight is 324 g/mol. The zero-order chi connectivity index (χ0) is 16.9. The highest BCUT2D eigenvalue weighted by Gasteiger charge is 2.07. The van der Waals surface area contributed by atoms with Gasteiger partial charge in [-0.3, -0.25) is 9.59 Å². The van der Waals surface area contributed by atoms with Gasteiger partial charge in [0.15, 0.2) is 0 Å². The van der Waals surface area contributed by atoms with Crippen LogP contribution in [0.1, 0.15) is 57.4 Å². The van der Waals surface area contributed by atoms with E-state index in [1.807, 2.05) is 0 Å². The minimum Gasteiger partial charge on any atom is -0.466 e. The van der Waals surface area contributed by atoms with Gasteiger partial charge in [-0.25, -0.2) is 4.39 Å². The lowest BCUT2D eigenvalue weighted by Gasteiger charge is -2.06. The number of benzene rings is 1. The minimum atomic E-state index is -0.370. The van der Waals surface area contributed by atoms with E-state index in [-0.39, 0.29) is 37.2 Å². The van der Waals surface area contributed by atoms with Crippen LogP contribution in [0.5, 0.6) is 0 Å². The molecule has 0 N–H and O–H groups in total. The van der Waals surface area contributed by atoms with Crippen molar-refractivity contribution in [3.8, 4) is 0 Å². The average Bonchev–Trinajstić information content (AvgIpc) is 2.54. The molecule has 128 valence electrons.